The molecule has 1 aliphatic rings. The molecule has 0 aromatic rings. The van der Waals surface area contributed by atoms with Crippen LogP contribution in [0.4, 0.5) is 0 Å². The van der Waals surface area contributed by atoms with Crippen molar-refractivity contribution in [2.24, 2.45) is 17.1 Å². The lowest BCUT2D eigenvalue weighted by molar-refractivity contribution is -0.153. The van der Waals surface area contributed by atoms with Gasteiger partial charge in [0.05, 0.1) is 0 Å². The van der Waals surface area contributed by atoms with E-state index in [1.54, 1.807) is 0 Å². The van der Waals surface area contributed by atoms with E-state index in [1.807, 2.05) is 13.8 Å². The van der Waals surface area contributed by atoms with E-state index in [4.69, 9.17) is 15.2 Å². The Morgan fingerprint density at radius 2 is 1.62 bits per heavy atom. The summed E-state index contributed by atoms with van der Waals surface area (Å²) in [6.07, 6.45) is -0.111. The molecule has 13 heavy (non-hydrogen) atoms. The van der Waals surface area contributed by atoms with Crippen molar-refractivity contribution in [2.45, 2.75) is 40.0 Å². The van der Waals surface area contributed by atoms with Crippen LogP contribution in [0.2, 0.25) is 0 Å². The number of nitrogens with two attached hydrogens (primary N) is 1. The third kappa shape index (κ3) is 2.03. The second-order valence-corrected chi connectivity index (χ2v) is 4.15. The predicted octanol–water partition coefficient (Wildman–Crippen LogP) is 1.37. The molecule has 0 saturated heterocycles. The summed E-state index contributed by atoms with van der Waals surface area (Å²) in [5.41, 5.74) is 6.12. The van der Waals surface area contributed by atoms with Gasteiger partial charge in [0.15, 0.2) is 6.29 Å². The van der Waals surface area contributed by atoms with Gasteiger partial charge in [-0.3, -0.25) is 0 Å². The average Bonchev–Trinajstić information content (AvgIpc) is 2.52. The largest absolute Gasteiger partial charge is 0.353 e. The monoisotopic (exact) mass is 187 g/mol. The quantitative estimate of drug-likeness (QED) is 0.661. The number of rotatable bonds is 5. The molecule has 0 bridgehead atoms. The van der Waals surface area contributed by atoms with Gasteiger partial charge < -0.3 is 15.2 Å². The van der Waals surface area contributed by atoms with Gasteiger partial charge in [0.2, 0.25) is 0 Å². The van der Waals surface area contributed by atoms with Crippen LogP contribution < -0.4 is 5.73 Å². The van der Waals surface area contributed by atoms with Crippen molar-refractivity contribution in [3.8, 4) is 0 Å². The van der Waals surface area contributed by atoms with Gasteiger partial charge in [0.25, 0.3) is 0 Å². The molecular formula is C10H21NO2. The fourth-order valence-electron chi connectivity index (χ4n) is 1.82. The van der Waals surface area contributed by atoms with Gasteiger partial charge in [0.1, 0.15) is 0 Å². The molecule has 0 spiro atoms. The molecule has 0 aromatic carbocycles. The third-order valence-electron chi connectivity index (χ3n) is 2.95. The van der Waals surface area contributed by atoms with E-state index in [-0.39, 0.29) is 17.7 Å². The predicted molar refractivity (Wildman–Crippen MR) is 52.3 cm³/mol. The van der Waals surface area contributed by atoms with Gasteiger partial charge in [-0.25, -0.2) is 0 Å². The smallest absolute Gasteiger partial charge is 0.162 e. The van der Waals surface area contributed by atoms with E-state index in [9.17, 15) is 0 Å². The fourth-order valence-corrected chi connectivity index (χ4v) is 1.82. The molecule has 0 heterocycles. The van der Waals surface area contributed by atoms with Crippen LogP contribution in [-0.2, 0) is 9.47 Å². The van der Waals surface area contributed by atoms with Crippen LogP contribution in [0.5, 0.6) is 0 Å². The molecule has 0 amide bonds. The third-order valence-corrected chi connectivity index (χ3v) is 2.95. The van der Waals surface area contributed by atoms with Crippen LogP contribution >= 0.6 is 0 Å². The van der Waals surface area contributed by atoms with Crippen molar-refractivity contribution in [1.82, 2.24) is 0 Å². The van der Waals surface area contributed by atoms with E-state index in [0.29, 0.717) is 19.1 Å². The zero-order chi connectivity index (χ0) is 10.1. The summed E-state index contributed by atoms with van der Waals surface area (Å²) in [5.74, 6) is 0.354. The van der Waals surface area contributed by atoms with Crippen LogP contribution in [-0.4, -0.2) is 25.5 Å². The molecule has 2 N–H and O–H groups in total. The molecule has 78 valence electrons. The van der Waals surface area contributed by atoms with Gasteiger partial charge in [-0.05, 0) is 19.3 Å². The SMILES string of the molecule is CCOC(OCC)[C@@H]1[C@@H](N)C1(C)C. The first kappa shape index (κ1) is 11.0. The molecule has 0 aliphatic heterocycles. The Kier molecular flexibility index (Phi) is 3.33. The van der Waals surface area contributed by atoms with Crippen molar-refractivity contribution in [3.63, 3.8) is 0 Å². The molecule has 1 aliphatic carbocycles. The molecule has 0 radical (unpaired) electrons. The van der Waals surface area contributed by atoms with E-state index >= 15 is 0 Å². The molecule has 1 saturated carbocycles. The van der Waals surface area contributed by atoms with Crippen LogP contribution in [0.1, 0.15) is 27.7 Å². The average molecular weight is 187 g/mol. The Hall–Kier alpha value is -0.120. The van der Waals surface area contributed by atoms with Crippen molar-refractivity contribution in [1.29, 1.82) is 0 Å². The number of hydrogen-bond donors (Lipinski definition) is 1. The molecule has 1 rings (SSSR count). The van der Waals surface area contributed by atoms with E-state index in [1.165, 1.54) is 0 Å². The highest BCUT2D eigenvalue weighted by molar-refractivity contribution is 5.10. The van der Waals surface area contributed by atoms with Gasteiger partial charge in [-0.2, -0.15) is 0 Å². The summed E-state index contributed by atoms with van der Waals surface area (Å²) in [5, 5.41) is 0. The second-order valence-electron chi connectivity index (χ2n) is 4.15. The number of hydrogen-bond acceptors (Lipinski definition) is 3. The van der Waals surface area contributed by atoms with E-state index in [2.05, 4.69) is 13.8 Å². The van der Waals surface area contributed by atoms with Gasteiger partial charge in [0, 0.05) is 25.2 Å². The summed E-state index contributed by atoms with van der Waals surface area (Å²) >= 11 is 0. The lowest BCUT2D eigenvalue weighted by Gasteiger charge is -2.17. The lowest BCUT2D eigenvalue weighted by atomic mass is 10.1. The first-order valence-electron chi connectivity index (χ1n) is 5.04. The van der Waals surface area contributed by atoms with Crippen LogP contribution in [0.25, 0.3) is 0 Å². The Bertz CT molecular complexity index is 164. The van der Waals surface area contributed by atoms with Gasteiger partial charge in [-0.1, -0.05) is 13.8 Å². The minimum absolute atomic E-state index is 0.111. The Morgan fingerprint density at radius 1 is 1.23 bits per heavy atom. The molecule has 3 heteroatoms. The first-order valence-corrected chi connectivity index (χ1v) is 5.04. The van der Waals surface area contributed by atoms with Crippen LogP contribution in [0.15, 0.2) is 0 Å². The van der Waals surface area contributed by atoms with Crippen molar-refractivity contribution < 1.29 is 9.47 Å². The highest BCUT2D eigenvalue weighted by Gasteiger charge is 2.60. The second kappa shape index (κ2) is 3.95. The molecular weight excluding hydrogens is 166 g/mol. The summed E-state index contributed by atoms with van der Waals surface area (Å²) in [7, 11) is 0. The van der Waals surface area contributed by atoms with Crippen molar-refractivity contribution in [2.75, 3.05) is 13.2 Å². The van der Waals surface area contributed by atoms with Crippen molar-refractivity contribution in [3.05, 3.63) is 0 Å². The highest BCUT2D eigenvalue weighted by atomic mass is 16.7. The topological polar surface area (TPSA) is 44.5 Å². The van der Waals surface area contributed by atoms with Crippen LogP contribution in [0, 0.1) is 11.3 Å². The lowest BCUT2D eigenvalue weighted by Crippen LogP contribution is -2.23. The zero-order valence-corrected chi connectivity index (χ0v) is 9.04. The molecule has 1 fully saturated rings. The first-order chi connectivity index (χ1) is 6.05. The maximum atomic E-state index is 5.95. The summed E-state index contributed by atoms with van der Waals surface area (Å²) in [6.45, 7) is 9.65. The fraction of sp³-hybridized carbons (Fsp3) is 1.00. The Morgan fingerprint density at radius 3 is 1.85 bits per heavy atom. The van der Waals surface area contributed by atoms with Gasteiger partial charge >= 0.3 is 0 Å². The molecule has 2 atom stereocenters. The number of ether oxygens (including phenoxy) is 2. The minimum atomic E-state index is -0.111. The normalized spacial score (nSPS) is 30.9. The molecule has 3 nitrogen and oxygen atoms in total. The Balaban J connectivity index is 2.47. The summed E-state index contributed by atoms with van der Waals surface area (Å²) in [4.78, 5) is 0. The maximum Gasteiger partial charge on any atom is 0.162 e. The minimum Gasteiger partial charge on any atom is -0.353 e. The summed E-state index contributed by atoms with van der Waals surface area (Å²) in [6, 6.07) is 0.218. The van der Waals surface area contributed by atoms with E-state index < -0.39 is 0 Å². The van der Waals surface area contributed by atoms with Crippen LogP contribution in [0.3, 0.4) is 0 Å². The van der Waals surface area contributed by atoms with Gasteiger partial charge in [-0.15, -0.1) is 0 Å². The highest BCUT2D eigenvalue weighted by Crippen LogP contribution is 2.53. The standard InChI is InChI=1S/C10H21NO2/c1-5-12-9(13-6-2)7-8(11)10(7,3)4/h7-9H,5-6,11H2,1-4H3/t7-,8+/m0/s1. The molecule has 0 unspecified atom stereocenters. The summed E-state index contributed by atoms with van der Waals surface area (Å²) < 4.78 is 11.0. The van der Waals surface area contributed by atoms with E-state index in [0.717, 1.165) is 0 Å². The maximum absolute atomic E-state index is 5.95. The Labute approximate surface area is 80.6 Å². The van der Waals surface area contributed by atoms with Crippen molar-refractivity contribution >= 4 is 0 Å². The molecule has 0 aromatic heterocycles. The zero-order valence-electron chi connectivity index (χ0n) is 9.04.